The first-order valence-corrected chi connectivity index (χ1v) is 9.60. The van der Waals surface area contributed by atoms with Gasteiger partial charge in [0.15, 0.2) is 10.9 Å². The number of amidine groups is 1. The Morgan fingerprint density at radius 3 is 2.64 bits per heavy atom. The number of halogens is 2. The number of amides is 2. The predicted octanol–water partition coefficient (Wildman–Crippen LogP) is 1.35. The molecule has 0 aliphatic carbocycles. The molecule has 12 heteroatoms. The molecule has 3 N–H and O–H groups in total. The maximum atomic E-state index is 12.3. The summed E-state index contributed by atoms with van der Waals surface area (Å²) in [6.07, 6.45) is 0. The van der Waals surface area contributed by atoms with Gasteiger partial charge in [0.25, 0.3) is 10.0 Å². The SMILES string of the molecule is Br.CN=C1SCC(O)(c2ccc(Cl)c(S(=O)(=O)NC(=O)NC)c2)N1C. The number of thioether (sulfide) groups is 1. The van der Waals surface area contributed by atoms with E-state index in [0.29, 0.717) is 10.7 Å². The van der Waals surface area contributed by atoms with Crippen molar-refractivity contribution in [3.63, 3.8) is 0 Å². The number of hydrogen-bond donors (Lipinski definition) is 3. The van der Waals surface area contributed by atoms with Crippen molar-refractivity contribution in [2.24, 2.45) is 4.99 Å². The number of carbonyl (C=O) groups is 1. The highest BCUT2D eigenvalue weighted by Crippen LogP contribution is 2.39. The van der Waals surface area contributed by atoms with E-state index in [1.54, 1.807) is 19.0 Å². The average molecular weight is 474 g/mol. The lowest BCUT2D eigenvalue weighted by molar-refractivity contribution is -0.0349. The molecule has 8 nitrogen and oxygen atoms in total. The quantitative estimate of drug-likeness (QED) is 0.611. The summed E-state index contributed by atoms with van der Waals surface area (Å²) >= 11 is 7.32. The molecule has 1 unspecified atom stereocenters. The van der Waals surface area contributed by atoms with E-state index in [9.17, 15) is 18.3 Å². The third-order valence-electron chi connectivity index (χ3n) is 3.57. The van der Waals surface area contributed by atoms with Gasteiger partial charge < -0.3 is 15.3 Å². The van der Waals surface area contributed by atoms with Crippen LogP contribution in [0.2, 0.25) is 5.02 Å². The molecule has 1 atom stereocenters. The van der Waals surface area contributed by atoms with E-state index in [-0.39, 0.29) is 32.7 Å². The van der Waals surface area contributed by atoms with Gasteiger partial charge >= 0.3 is 6.03 Å². The van der Waals surface area contributed by atoms with Crippen LogP contribution in [0.4, 0.5) is 4.79 Å². The van der Waals surface area contributed by atoms with Crippen LogP contribution >= 0.6 is 40.3 Å². The molecule has 1 heterocycles. The number of sulfonamides is 1. The second kappa shape index (κ2) is 8.12. The maximum absolute atomic E-state index is 12.3. The minimum Gasteiger partial charge on any atom is -0.366 e. The van der Waals surface area contributed by atoms with E-state index < -0.39 is 21.8 Å². The topological polar surface area (TPSA) is 111 Å². The smallest absolute Gasteiger partial charge is 0.328 e. The Bertz CT molecular complexity index is 805. The minimum absolute atomic E-state index is 0. The molecular formula is C13H18BrClN4O4S2. The van der Waals surface area contributed by atoms with Crippen molar-refractivity contribution >= 4 is 61.6 Å². The molecule has 25 heavy (non-hydrogen) atoms. The van der Waals surface area contributed by atoms with Gasteiger partial charge in [-0.1, -0.05) is 29.4 Å². The van der Waals surface area contributed by atoms with Crippen molar-refractivity contribution < 1.29 is 18.3 Å². The minimum atomic E-state index is -4.18. The van der Waals surface area contributed by atoms with Crippen LogP contribution in [-0.4, -0.2) is 56.5 Å². The first-order chi connectivity index (χ1) is 11.2. The number of carbonyl (C=O) groups excluding carboxylic acids is 1. The van der Waals surface area contributed by atoms with E-state index in [1.807, 2.05) is 4.72 Å². The van der Waals surface area contributed by atoms with Crippen LogP contribution in [0.1, 0.15) is 5.56 Å². The van der Waals surface area contributed by atoms with E-state index >= 15 is 0 Å². The average Bonchev–Trinajstić information content (AvgIpc) is 2.83. The second-order valence-corrected chi connectivity index (χ2v) is 8.00. The van der Waals surface area contributed by atoms with Gasteiger partial charge in [-0.2, -0.15) is 0 Å². The number of nitrogens with zero attached hydrogens (tertiary/aromatic N) is 2. The highest BCUT2D eigenvalue weighted by atomic mass is 79.9. The van der Waals surface area contributed by atoms with Gasteiger partial charge in [-0.25, -0.2) is 17.9 Å². The molecule has 0 saturated carbocycles. The van der Waals surface area contributed by atoms with Gasteiger partial charge in [-0.15, -0.1) is 17.0 Å². The molecule has 0 bridgehead atoms. The number of aliphatic hydroxyl groups is 1. The van der Waals surface area contributed by atoms with Gasteiger partial charge in [0.2, 0.25) is 0 Å². The lowest BCUT2D eigenvalue weighted by Crippen LogP contribution is -2.42. The van der Waals surface area contributed by atoms with Crippen molar-refractivity contribution in [3.05, 3.63) is 28.8 Å². The van der Waals surface area contributed by atoms with Crippen LogP contribution in [0.25, 0.3) is 0 Å². The van der Waals surface area contributed by atoms with Gasteiger partial charge in [0.05, 0.1) is 10.8 Å². The largest absolute Gasteiger partial charge is 0.366 e. The molecule has 1 fully saturated rings. The normalized spacial score (nSPS) is 21.8. The van der Waals surface area contributed by atoms with Crippen LogP contribution in [-0.2, 0) is 15.7 Å². The lowest BCUT2D eigenvalue weighted by atomic mass is 10.0. The van der Waals surface area contributed by atoms with E-state index in [0.717, 1.165) is 0 Å². The fraction of sp³-hybridized carbons (Fsp3) is 0.385. The highest BCUT2D eigenvalue weighted by molar-refractivity contribution is 8.93. The molecule has 2 rings (SSSR count). The zero-order valence-corrected chi connectivity index (χ0v) is 17.7. The fourth-order valence-electron chi connectivity index (χ4n) is 2.19. The predicted molar refractivity (Wildman–Crippen MR) is 104 cm³/mol. The van der Waals surface area contributed by atoms with E-state index in [1.165, 1.54) is 37.0 Å². The van der Waals surface area contributed by atoms with Gasteiger partial charge in [0, 0.05) is 26.7 Å². The molecule has 1 aromatic rings. The summed E-state index contributed by atoms with van der Waals surface area (Å²) in [5, 5.41) is 13.7. The summed E-state index contributed by atoms with van der Waals surface area (Å²) in [5.41, 5.74) is -1.10. The first kappa shape index (κ1) is 22.0. The van der Waals surface area contributed by atoms with Crippen LogP contribution in [0.3, 0.4) is 0 Å². The van der Waals surface area contributed by atoms with E-state index in [4.69, 9.17) is 11.6 Å². The fourth-order valence-corrected chi connectivity index (χ4v) is 4.84. The summed E-state index contributed by atoms with van der Waals surface area (Å²) in [7, 11) is 0.383. The Kier molecular flexibility index (Phi) is 7.16. The third kappa shape index (κ3) is 4.22. The van der Waals surface area contributed by atoms with Crippen molar-refractivity contribution in [2.45, 2.75) is 10.6 Å². The van der Waals surface area contributed by atoms with Crippen molar-refractivity contribution in [3.8, 4) is 0 Å². The van der Waals surface area contributed by atoms with Gasteiger partial charge in [0.1, 0.15) is 4.90 Å². The molecular weight excluding hydrogens is 456 g/mol. The Morgan fingerprint density at radius 2 is 2.12 bits per heavy atom. The second-order valence-electron chi connectivity index (χ2n) is 5.00. The molecule has 2 amide bonds. The molecule has 1 aliphatic heterocycles. The number of aliphatic imine (C=N–C) groups is 1. The van der Waals surface area contributed by atoms with Crippen LogP contribution in [0.15, 0.2) is 28.1 Å². The Balaban J connectivity index is 0.00000312. The molecule has 1 aromatic carbocycles. The monoisotopic (exact) mass is 472 g/mol. The Hall–Kier alpha value is -1.01. The zero-order chi connectivity index (χ0) is 18.1. The summed E-state index contributed by atoms with van der Waals surface area (Å²) in [6, 6.07) is 3.27. The Labute approximate surface area is 165 Å². The number of hydrogen-bond acceptors (Lipinski definition) is 6. The standard InChI is InChI=1S/C13H17ClN4O4S2.BrH/c1-15-11(19)17-24(21,22)10-6-8(4-5-9(10)14)13(20)7-23-12(16-2)18(13)3;/h4-6,20H,7H2,1-3H3,(H2,15,17,19);1H. The molecule has 140 valence electrons. The number of urea groups is 1. The van der Waals surface area contributed by atoms with Crippen LogP contribution in [0, 0.1) is 0 Å². The first-order valence-electron chi connectivity index (χ1n) is 6.76. The van der Waals surface area contributed by atoms with E-state index in [2.05, 4.69) is 10.3 Å². The van der Waals surface area contributed by atoms with Crippen molar-refractivity contribution in [1.82, 2.24) is 14.9 Å². The van der Waals surface area contributed by atoms with Gasteiger partial charge in [-0.3, -0.25) is 4.99 Å². The Morgan fingerprint density at radius 1 is 1.48 bits per heavy atom. The van der Waals surface area contributed by atoms with Crippen molar-refractivity contribution in [1.29, 1.82) is 0 Å². The number of rotatable bonds is 3. The summed E-state index contributed by atoms with van der Waals surface area (Å²) in [5.74, 6) is 0.278. The van der Waals surface area contributed by atoms with Crippen LogP contribution < -0.4 is 10.0 Å². The van der Waals surface area contributed by atoms with Crippen molar-refractivity contribution in [2.75, 3.05) is 26.9 Å². The number of nitrogens with one attached hydrogen (secondary N) is 2. The molecule has 0 radical (unpaired) electrons. The zero-order valence-electron chi connectivity index (χ0n) is 13.6. The number of benzene rings is 1. The summed E-state index contributed by atoms with van der Waals surface area (Å²) in [4.78, 5) is 16.7. The third-order valence-corrected chi connectivity index (χ3v) is 6.65. The van der Waals surface area contributed by atoms with Crippen LogP contribution in [0.5, 0.6) is 0 Å². The summed E-state index contributed by atoms with van der Waals surface area (Å²) < 4.78 is 26.5. The molecule has 1 saturated heterocycles. The highest BCUT2D eigenvalue weighted by Gasteiger charge is 2.43. The molecule has 1 aliphatic rings. The summed E-state index contributed by atoms with van der Waals surface area (Å²) in [6.45, 7) is 0. The molecule has 0 aromatic heterocycles. The lowest BCUT2D eigenvalue weighted by Gasteiger charge is -2.31. The molecule has 0 spiro atoms. The maximum Gasteiger partial charge on any atom is 0.328 e. The van der Waals surface area contributed by atoms with Gasteiger partial charge in [-0.05, 0) is 12.1 Å².